The Bertz CT molecular complexity index is 2190. The van der Waals surface area contributed by atoms with Crippen molar-refractivity contribution in [2.45, 2.75) is 0 Å². The minimum Gasteiger partial charge on any atom is -0.496 e. The Kier molecular flexibility index (Phi) is 7.28. The number of rotatable bonds is 8. The highest BCUT2D eigenvalue weighted by Crippen LogP contribution is 2.37. The van der Waals surface area contributed by atoms with E-state index in [9.17, 15) is 25.0 Å². The summed E-state index contributed by atoms with van der Waals surface area (Å²) in [5, 5.41) is 28.3. The van der Waals surface area contributed by atoms with Crippen LogP contribution in [0.2, 0.25) is 0 Å². The summed E-state index contributed by atoms with van der Waals surface area (Å²) in [7, 11) is 1.53. The number of hydrogen-bond donors (Lipinski definition) is 0. The number of methoxy groups -OCH3 is 1. The summed E-state index contributed by atoms with van der Waals surface area (Å²) in [6, 6.07) is 18.7. The van der Waals surface area contributed by atoms with E-state index in [1.807, 2.05) is 0 Å². The molecule has 0 spiro atoms. The Morgan fingerprint density at radius 1 is 1.00 bits per heavy atom. The van der Waals surface area contributed by atoms with Gasteiger partial charge in [-0.15, -0.1) is 0 Å². The Balaban J connectivity index is 1.52. The van der Waals surface area contributed by atoms with Gasteiger partial charge in [-0.05, 0) is 36.4 Å². The van der Waals surface area contributed by atoms with Crippen LogP contribution in [-0.2, 0) is 0 Å². The van der Waals surface area contributed by atoms with Crippen LogP contribution in [0.3, 0.4) is 0 Å². The lowest BCUT2D eigenvalue weighted by Gasteiger charge is -2.10. The Morgan fingerprint density at radius 3 is 2.55 bits per heavy atom. The van der Waals surface area contributed by atoms with Crippen LogP contribution in [0.15, 0.2) is 97.8 Å². The molecule has 0 aliphatic rings. The molecule has 0 aliphatic heterocycles. The second-order valence-corrected chi connectivity index (χ2v) is 10.0. The number of para-hydroxylation sites is 1. The number of furan rings is 1. The highest BCUT2D eigenvalue weighted by molar-refractivity contribution is 9.10. The summed E-state index contributed by atoms with van der Waals surface area (Å²) in [5.74, 6) is 0.430. The van der Waals surface area contributed by atoms with E-state index in [0.29, 0.717) is 26.7 Å². The predicted molar refractivity (Wildman–Crippen MR) is 163 cm³/mol. The van der Waals surface area contributed by atoms with Crippen molar-refractivity contribution in [3.8, 4) is 29.0 Å². The molecular formula is C29H17BrN6O8. The lowest BCUT2D eigenvalue weighted by atomic mass is 10.2. The van der Waals surface area contributed by atoms with Crippen LogP contribution in [0.4, 0.5) is 11.4 Å². The van der Waals surface area contributed by atoms with Crippen molar-refractivity contribution in [3.63, 3.8) is 0 Å². The lowest BCUT2D eigenvalue weighted by molar-refractivity contribution is -0.385. The molecule has 0 saturated carbocycles. The average Bonchev–Trinajstić information content (AvgIpc) is 3.46. The molecule has 15 heteroatoms. The van der Waals surface area contributed by atoms with Crippen LogP contribution in [0.1, 0.15) is 5.56 Å². The van der Waals surface area contributed by atoms with Crippen molar-refractivity contribution in [2.24, 2.45) is 5.10 Å². The van der Waals surface area contributed by atoms with Gasteiger partial charge in [0.05, 0.1) is 39.5 Å². The topological polar surface area (TPSA) is 178 Å². The third kappa shape index (κ3) is 5.22. The molecule has 0 N–H and O–H groups in total. The fourth-order valence-corrected chi connectivity index (χ4v) is 4.88. The molecule has 0 unspecified atom stereocenters. The SMILES string of the molecule is COc1cccc2oc(-c3nc4ccccc4c(=O)n3N=Cc3cc(Br)cc([N+](=O)[O-])c3Oc3ccc([N+](=O)[O-])cn3)cc12. The molecule has 0 saturated heterocycles. The van der Waals surface area contributed by atoms with Crippen LogP contribution in [-0.4, -0.2) is 37.8 Å². The molecule has 44 heavy (non-hydrogen) atoms. The minimum atomic E-state index is -0.667. The van der Waals surface area contributed by atoms with Crippen molar-refractivity contribution in [3.05, 3.63) is 120 Å². The van der Waals surface area contributed by atoms with Crippen LogP contribution in [0.25, 0.3) is 33.5 Å². The molecular weight excluding hydrogens is 640 g/mol. The molecule has 0 bridgehead atoms. The third-order valence-electron chi connectivity index (χ3n) is 6.43. The second kappa shape index (κ2) is 11.4. The Hall–Kier alpha value is -5.96. The summed E-state index contributed by atoms with van der Waals surface area (Å²) in [6.45, 7) is 0. The first-order chi connectivity index (χ1) is 21.2. The number of benzene rings is 3. The number of nitro benzene ring substituents is 1. The van der Waals surface area contributed by atoms with Gasteiger partial charge in [0.25, 0.3) is 11.2 Å². The number of aromatic nitrogens is 3. The molecule has 0 atom stereocenters. The van der Waals surface area contributed by atoms with E-state index in [4.69, 9.17) is 13.9 Å². The summed E-state index contributed by atoms with van der Waals surface area (Å²) < 4.78 is 18.6. The van der Waals surface area contributed by atoms with Crippen molar-refractivity contribution in [2.75, 3.05) is 7.11 Å². The van der Waals surface area contributed by atoms with Crippen molar-refractivity contribution in [1.82, 2.24) is 14.6 Å². The Morgan fingerprint density at radius 2 is 1.82 bits per heavy atom. The highest BCUT2D eigenvalue weighted by atomic mass is 79.9. The van der Waals surface area contributed by atoms with E-state index in [0.717, 1.165) is 16.9 Å². The standard InChI is InChI=1S/C29H17BrN6O8/c1-42-23-7-4-8-24-20(23)13-25(43-24)28-33-21-6-3-2-5-19(21)29(37)34(28)32-14-16-11-17(30)12-22(36(40)41)27(16)44-26-10-9-18(15-31-26)35(38)39/h2-15H,1H3. The first-order valence-corrected chi connectivity index (χ1v) is 13.4. The van der Waals surface area contributed by atoms with Crippen molar-refractivity contribution < 1.29 is 23.7 Å². The summed E-state index contributed by atoms with van der Waals surface area (Å²) >= 11 is 3.26. The van der Waals surface area contributed by atoms with E-state index < -0.39 is 21.1 Å². The zero-order valence-corrected chi connectivity index (χ0v) is 24.0. The number of fused-ring (bicyclic) bond motifs is 2. The third-order valence-corrected chi connectivity index (χ3v) is 6.88. The molecule has 14 nitrogen and oxygen atoms in total. The van der Waals surface area contributed by atoms with Crippen LogP contribution in [0, 0.1) is 20.2 Å². The molecule has 218 valence electrons. The number of hydrogen-bond acceptors (Lipinski definition) is 11. The van der Waals surface area contributed by atoms with Gasteiger partial charge in [-0.3, -0.25) is 25.0 Å². The maximum Gasteiger partial charge on any atom is 0.313 e. The van der Waals surface area contributed by atoms with Crippen LogP contribution in [0.5, 0.6) is 17.4 Å². The summed E-state index contributed by atoms with van der Waals surface area (Å²) in [5.41, 5.74) is -0.288. The summed E-state index contributed by atoms with van der Waals surface area (Å²) in [4.78, 5) is 43.9. The van der Waals surface area contributed by atoms with Gasteiger partial charge in [-0.1, -0.05) is 34.1 Å². The fraction of sp³-hybridized carbons (Fsp3) is 0.0345. The van der Waals surface area contributed by atoms with E-state index in [-0.39, 0.29) is 39.9 Å². The van der Waals surface area contributed by atoms with E-state index in [1.165, 1.54) is 31.5 Å². The Labute approximate surface area is 254 Å². The molecule has 3 heterocycles. The molecule has 0 amide bonds. The average molecular weight is 657 g/mol. The summed E-state index contributed by atoms with van der Waals surface area (Å²) in [6.07, 6.45) is 2.16. The number of ether oxygens (including phenoxy) is 2. The molecule has 6 rings (SSSR count). The smallest absolute Gasteiger partial charge is 0.313 e. The van der Waals surface area contributed by atoms with E-state index >= 15 is 0 Å². The number of nitrogens with zero attached hydrogens (tertiary/aromatic N) is 6. The monoisotopic (exact) mass is 656 g/mol. The van der Waals surface area contributed by atoms with Gasteiger partial charge in [0, 0.05) is 28.2 Å². The predicted octanol–water partition coefficient (Wildman–Crippen LogP) is 6.47. The van der Waals surface area contributed by atoms with Gasteiger partial charge in [-0.25, -0.2) is 9.97 Å². The van der Waals surface area contributed by atoms with Gasteiger partial charge >= 0.3 is 5.69 Å². The quantitative estimate of drug-likeness (QED) is 0.100. The van der Waals surface area contributed by atoms with Gasteiger partial charge in [-0.2, -0.15) is 9.78 Å². The largest absolute Gasteiger partial charge is 0.496 e. The van der Waals surface area contributed by atoms with Crippen molar-refractivity contribution >= 4 is 55.4 Å². The molecule has 3 aromatic heterocycles. The maximum atomic E-state index is 13.7. The van der Waals surface area contributed by atoms with Gasteiger partial charge in [0.15, 0.2) is 5.76 Å². The van der Waals surface area contributed by atoms with Crippen molar-refractivity contribution in [1.29, 1.82) is 0 Å². The lowest BCUT2D eigenvalue weighted by Crippen LogP contribution is -2.20. The van der Waals surface area contributed by atoms with Gasteiger partial charge < -0.3 is 13.9 Å². The molecule has 0 fully saturated rings. The van der Waals surface area contributed by atoms with E-state index in [1.54, 1.807) is 48.5 Å². The van der Waals surface area contributed by atoms with Crippen LogP contribution < -0.4 is 15.0 Å². The maximum absolute atomic E-state index is 13.7. The van der Waals surface area contributed by atoms with Gasteiger partial charge in [0.1, 0.15) is 17.5 Å². The first-order valence-electron chi connectivity index (χ1n) is 12.6. The zero-order chi connectivity index (χ0) is 31.0. The molecule has 0 radical (unpaired) electrons. The van der Waals surface area contributed by atoms with Crippen LogP contribution >= 0.6 is 15.9 Å². The van der Waals surface area contributed by atoms with E-state index in [2.05, 4.69) is 31.0 Å². The number of halogens is 1. The first kappa shape index (κ1) is 28.2. The number of pyridine rings is 1. The second-order valence-electron chi connectivity index (χ2n) is 9.11. The zero-order valence-electron chi connectivity index (χ0n) is 22.4. The molecule has 6 aromatic rings. The normalized spacial score (nSPS) is 11.3. The highest BCUT2D eigenvalue weighted by Gasteiger charge is 2.23. The minimum absolute atomic E-state index is 0.0622. The van der Waals surface area contributed by atoms with Gasteiger partial charge in [0.2, 0.25) is 17.5 Å². The molecule has 3 aromatic carbocycles. The fourth-order valence-electron chi connectivity index (χ4n) is 4.42. The molecule has 0 aliphatic carbocycles. The number of nitro groups is 2.